The second kappa shape index (κ2) is 8.58. The number of nitrogens with one attached hydrogen (secondary N) is 2. The summed E-state index contributed by atoms with van der Waals surface area (Å²) in [5.41, 5.74) is 5.25. The highest BCUT2D eigenvalue weighted by Gasteiger charge is 2.24. The third kappa shape index (κ3) is 6.06. The van der Waals surface area contributed by atoms with Crippen LogP contribution in [0.15, 0.2) is 23.1 Å². The molecule has 1 amide bonds. The third-order valence-electron chi connectivity index (χ3n) is 3.58. The van der Waals surface area contributed by atoms with E-state index in [1.54, 1.807) is 0 Å². The van der Waals surface area contributed by atoms with Crippen LogP contribution < -0.4 is 15.8 Å². The van der Waals surface area contributed by atoms with Crippen LogP contribution in [0.5, 0.6) is 0 Å². The fraction of sp³-hybridized carbons (Fsp3) is 0.500. The second-order valence-electron chi connectivity index (χ2n) is 5.22. The summed E-state index contributed by atoms with van der Waals surface area (Å²) in [6.45, 7) is 5.05. The van der Waals surface area contributed by atoms with Gasteiger partial charge in [-0.2, -0.15) is 0 Å². The van der Waals surface area contributed by atoms with E-state index in [1.165, 1.54) is 6.92 Å². The fourth-order valence-electron chi connectivity index (χ4n) is 1.78. The highest BCUT2D eigenvalue weighted by Crippen LogP contribution is 2.20. The lowest BCUT2D eigenvalue weighted by molar-refractivity contribution is -0.114. The molecule has 0 spiro atoms. The summed E-state index contributed by atoms with van der Waals surface area (Å²) in [5.74, 6) is -1.19. The molecule has 0 aliphatic heterocycles. The summed E-state index contributed by atoms with van der Waals surface area (Å²) < 4.78 is 40.5. The van der Waals surface area contributed by atoms with Crippen molar-refractivity contribution < 1.29 is 17.6 Å². The van der Waals surface area contributed by atoms with E-state index in [0.717, 1.165) is 18.2 Å². The molecule has 4 N–H and O–H groups in total. The minimum absolute atomic E-state index is 0. The number of nitrogens with two attached hydrogens (primary N) is 1. The molecule has 0 bridgehead atoms. The number of hydrogen-bond donors (Lipinski definition) is 3. The van der Waals surface area contributed by atoms with Crippen LogP contribution in [0.25, 0.3) is 0 Å². The van der Waals surface area contributed by atoms with Crippen molar-refractivity contribution in [2.24, 2.45) is 5.73 Å². The van der Waals surface area contributed by atoms with E-state index in [9.17, 15) is 17.6 Å². The highest BCUT2D eigenvalue weighted by molar-refractivity contribution is 7.89. The molecule has 132 valence electrons. The van der Waals surface area contributed by atoms with Crippen LogP contribution in [0.2, 0.25) is 0 Å². The van der Waals surface area contributed by atoms with E-state index in [4.69, 9.17) is 5.73 Å². The van der Waals surface area contributed by atoms with Crippen molar-refractivity contribution in [3.63, 3.8) is 0 Å². The topological polar surface area (TPSA) is 101 Å². The van der Waals surface area contributed by atoms with E-state index in [1.807, 2.05) is 13.8 Å². The van der Waals surface area contributed by atoms with E-state index in [-0.39, 0.29) is 29.5 Å². The molecule has 0 aliphatic rings. The van der Waals surface area contributed by atoms with Gasteiger partial charge in [-0.15, -0.1) is 12.4 Å². The maximum atomic E-state index is 13.6. The summed E-state index contributed by atoms with van der Waals surface area (Å²) in [4.78, 5) is 10.9. The van der Waals surface area contributed by atoms with Crippen molar-refractivity contribution in [2.45, 2.75) is 44.0 Å². The normalized spacial score (nSPS) is 11.7. The first-order valence-electron chi connectivity index (χ1n) is 6.99. The Hall–Kier alpha value is -1.22. The van der Waals surface area contributed by atoms with Crippen molar-refractivity contribution in [3.8, 4) is 0 Å². The van der Waals surface area contributed by atoms with Gasteiger partial charge in [0.1, 0.15) is 5.82 Å². The Morgan fingerprint density at radius 2 is 1.87 bits per heavy atom. The average Bonchev–Trinajstić information content (AvgIpc) is 2.46. The van der Waals surface area contributed by atoms with Crippen LogP contribution in [0.1, 0.15) is 33.6 Å². The molecule has 0 saturated carbocycles. The molecular weight excluding hydrogens is 345 g/mol. The highest BCUT2D eigenvalue weighted by atomic mass is 35.5. The number of benzene rings is 1. The van der Waals surface area contributed by atoms with E-state index < -0.39 is 27.3 Å². The number of rotatable bonds is 7. The van der Waals surface area contributed by atoms with Gasteiger partial charge in [-0.25, -0.2) is 17.5 Å². The zero-order valence-corrected chi connectivity index (χ0v) is 15.0. The monoisotopic (exact) mass is 367 g/mol. The standard InChI is InChI=1S/C14H22FN3O3S.ClH/c1-4-14(16,5-2)9-17-22(20,21)11-6-7-12(15)13(8-11)18-10(3)19;/h6-8,17H,4-5,9,16H2,1-3H3,(H,18,19);1H. The third-order valence-corrected chi connectivity index (χ3v) is 4.98. The Morgan fingerprint density at radius 1 is 1.30 bits per heavy atom. The van der Waals surface area contributed by atoms with Crippen molar-refractivity contribution >= 4 is 34.0 Å². The number of anilines is 1. The molecule has 0 unspecified atom stereocenters. The summed E-state index contributed by atoms with van der Waals surface area (Å²) in [6, 6.07) is 3.21. The van der Waals surface area contributed by atoms with Gasteiger partial charge in [0.2, 0.25) is 15.9 Å². The molecule has 0 aliphatic carbocycles. The molecule has 0 radical (unpaired) electrons. The molecule has 9 heteroatoms. The van der Waals surface area contributed by atoms with Gasteiger partial charge in [0.15, 0.2) is 0 Å². The van der Waals surface area contributed by atoms with Crippen LogP contribution in [0, 0.1) is 5.82 Å². The zero-order chi connectivity index (χ0) is 17.0. The van der Waals surface area contributed by atoms with Gasteiger partial charge in [0.05, 0.1) is 10.6 Å². The second-order valence-corrected chi connectivity index (χ2v) is 6.98. The maximum absolute atomic E-state index is 13.6. The van der Waals surface area contributed by atoms with Gasteiger partial charge >= 0.3 is 0 Å². The maximum Gasteiger partial charge on any atom is 0.240 e. The van der Waals surface area contributed by atoms with E-state index >= 15 is 0 Å². The van der Waals surface area contributed by atoms with Gasteiger partial charge in [-0.3, -0.25) is 4.79 Å². The van der Waals surface area contributed by atoms with Gasteiger partial charge < -0.3 is 11.1 Å². The van der Waals surface area contributed by atoms with Crippen LogP contribution in [-0.4, -0.2) is 26.4 Å². The Balaban J connectivity index is 0.00000484. The Morgan fingerprint density at radius 3 is 2.35 bits per heavy atom. The lowest BCUT2D eigenvalue weighted by Crippen LogP contribution is -2.49. The number of halogens is 2. The first kappa shape index (κ1) is 21.8. The van der Waals surface area contributed by atoms with Crippen LogP contribution >= 0.6 is 12.4 Å². The van der Waals surface area contributed by atoms with Crippen molar-refractivity contribution in [1.29, 1.82) is 0 Å². The molecule has 0 saturated heterocycles. The molecule has 0 heterocycles. The summed E-state index contributed by atoms with van der Waals surface area (Å²) in [7, 11) is -3.84. The number of carbonyl (C=O) groups is 1. The van der Waals surface area contributed by atoms with Gasteiger partial charge in [-0.1, -0.05) is 13.8 Å². The summed E-state index contributed by atoms with van der Waals surface area (Å²) in [5, 5.41) is 2.25. The van der Waals surface area contributed by atoms with Gasteiger partial charge in [-0.05, 0) is 31.0 Å². The molecule has 0 aromatic heterocycles. The molecule has 0 fully saturated rings. The van der Waals surface area contributed by atoms with Gasteiger partial charge in [0, 0.05) is 19.0 Å². The molecule has 1 aromatic rings. The predicted molar refractivity (Wildman–Crippen MR) is 90.6 cm³/mol. The minimum Gasteiger partial charge on any atom is -0.324 e. The van der Waals surface area contributed by atoms with E-state index in [0.29, 0.717) is 12.8 Å². The molecule has 6 nitrogen and oxygen atoms in total. The molecule has 0 atom stereocenters. The van der Waals surface area contributed by atoms with Crippen LogP contribution in [0.4, 0.5) is 10.1 Å². The fourth-order valence-corrected chi connectivity index (χ4v) is 2.94. The van der Waals surface area contributed by atoms with Crippen LogP contribution in [-0.2, 0) is 14.8 Å². The Kier molecular flexibility index (Phi) is 8.13. The molecule has 1 aromatic carbocycles. The van der Waals surface area contributed by atoms with Crippen molar-refractivity contribution in [2.75, 3.05) is 11.9 Å². The molecular formula is C14H23ClFN3O3S. The first-order valence-corrected chi connectivity index (χ1v) is 8.47. The van der Waals surface area contributed by atoms with Crippen LogP contribution in [0.3, 0.4) is 0 Å². The smallest absolute Gasteiger partial charge is 0.240 e. The van der Waals surface area contributed by atoms with E-state index in [2.05, 4.69) is 10.0 Å². The largest absolute Gasteiger partial charge is 0.324 e. The first-order chi connectivity index (χ1) is 10.1. The minimum atomic E-state index is -3.84. The summed E-state index contributed by atoms with van der Waals surface area (Å²) >= 11 is 0. The lowest BCUT2D eigenvalue weighted by Gasteiger charge is -2.26. The average molecular weight is 368 g/mol. The SMILES string of the molecule is CCC(N)(CC)CNS(=O)(=O)c1ccc(F)c(NC(C)=O)c1.Cl. The van der Waals surface area contributed by atoms with Crippen molar-refractivity contribution in [3.05, 3.63) is 24.0 Å². The number of amides is 1. The number of hydrogen-bond acceptors (Lipinski definition) is 4. The Labute approximate surface area is 142 Å². The lowest BCUT2D eigenvalue weighted by atomic mass is 9.95. The summed E-state index contributed by atoms with van der Waals surface area (Å²) in [6.07, 6.45) is 1.24. The molecule has 23 heavy (non-hydrogen) atoms. The van der Waals surface area contributed by atoms with Gasteiger partial charge in [0.25, 0.3) is 0 Å². The number of sulfonamides is 1. The molecule has 1 rings (SSSR count). The predicted octanol–water partition coefficient (Wildman–Crippen LogP) is 2.00. The zero-order valence-electron chi connectivity index (χ0n) is 13.3. The van der Waals surface area contributed by atoms with Crippen molar-refractivity contribution in [1.82, 2.24) is 4.72 Å². The Bertz CT molecular complexity index is 649. The number of carbonyl (C=O) groups excluding carboxylic acids is 1. The quantitative estimate of drug-likeness (QED) is 0.686.